The van der Waals surface area contributed by atoms with Gasteiger partial charge in [-0.25, -0.2) is 23.7 Å². The molecule has 1 aliphatic heterocycles. The van der Waals surface area contributed by atoms with Gasteiger partial charge in [0.2, 0.25) is 5.92 Å². The lowest BCUT2D eigenvalue weighted by Crippen LogP contribution is -2.23. The highest BCUT2D eigenvalue weighted by atomic mass is 19.3. The molecular weight excluding hydrogens is 426 g/mol. The molecular formula is C25H34F2N4O2. The number of halogens is 2. The van der Waals surface area contributed by atoms with Gasteiger partial charge in [-0.1, -0.05) is 26.8 Å². The minimum Gasteiger partial charge on any atom is -0.481 e. The van der Waals surface area contributed by atoms with Crippen LogP contribution in [0.4, 0.5) is 14.6 Å². The van der Waals surface area contributed by atoms with Crippen LogP contribution in [0.2, 0.25) is 0 Å². The van der Waals surface area contributed by atoms with E-state index in [-0.39, 0.29) is 18.3 Å². The molecule has 0 aliphatic carbocycles. The van der Waals surface area contributed by atoms with Gasteiger partial charge in [0, 0.05) is 48.8 Å². The SMILES string of the molecule is CC(C)(C)c1ncc([C@@H](CC(=O)O)CC(F)(F)CCCCc2ccc3c(n2)NCCC3)cn1. The van der Waals surface area contributed by atoms with Gasteiger partial charge >= 0.3 is 5.97 Å². The maximum atomic E-state index is 14.8. The second-order valence-electron chi connectivity index (χ2n) is 9.99. The van der Waals surface area contributed by atoms with Crippen LogP contribution in [0.15, 0.2) is 24.5 Å². The van der Waals surface area contributed by atoms with E-state index in [4.69, 9.17) is 0 Å². The Labute approximate surface area is 194 Å². The second-order valence-corrected chi connectivity index (χ2v) is 9.99. The number of fused-ring (bicyclic) bond motifs is 1. The number of pyridine rings is 1. The Bertz CT molecular complexity index is 942. The molecule has 0 bridgehead atoms. The zero-order valence-electron chi connectivity index (χ0n) is 19.7. The lowest BCUT2D eigenvalue weighted by Gasteiger charge is -2.23. The van der Waals surface area contributed by atoms with Crippen LogP contribution in [0.5, 0.6) is 0 Å². The van der Waals surface area contributed by atoms with Crippen molar-refractivity contribution in [2.45, 2.75) is 89.4 Å². The molecule has 2 aromatic rings. The second kappa shape index (κ2) is 10.5. The van der Waals surface area contributed by atoms with Crippen LogP contribution in [-0.2, 0) is 23.1 Å². The number of hydrogen-bond donors (Lipinski definition) is 2. The fourth-order valence-electron chi connectivity index (χ4n) is 4.12. The number of alkyl halides is 2. The molecule has 0 fully saturated rings. The van der Waals surface area contributed by atoms with Crippen LogP contribution in [0, 0.1) is 0 Å². The number of anilines is 1. The minimum absolute atomic E-state index is 0.270. The molecule has 33 heavy (non-hydrogen) atoms. The minimum atomic E-state index is -2.96. The largest absolute Gasteiger partial charge is 0.481 e. The number of nitrogens with zero attached hydrogens (tertiary/aromatic N) is 3. The Morgan fingerprint density at radius 1 is 1.18 bits per heavy atom. The summed E-state index contributed by atoms with van der Waals surface area (Å²) in [6, 6.07) is 4.05. The Hall–Kier alpha value is -2.64. The summed E-state index contributed by atoms with van der Waals surface area (Å²) in [6.07, 6.45) is 5.51. The van der Waals surface area contributed by atoms with Gasteiger partial charge in [-0.3, -0.25) is 4.79 Å². The van der Waals surface area contributed by atoms with Gasteiger partial charge in [0.25, 0.3) is 0 Å². The van der Waals surface area contributed by atoms with Crippen molar-refractivity contribution in [1.82, 2.24) is 15.0 Å². The number of aryl methyl sites for hydroxylation is 2. The predicted molar refractivity (Wildman–Crippen MR) is 124 cm³/mol. The molecule has 3 heterocycles. The van der Waals surface area contributed by atoms with E-state index >= 15 is 0 Å². The van der Waals surface area contributed by atoms with Crippen molar-refractivity contribution in [2.75, 3.05) is 11.9 Å². The number of aromatic nitrogens is 3. The molecule has 6 nitrogen and oxygen atoms in total. The monoisotopic (exact) mass is 460 g/mol. The molecule has 0 unspecified atom stereocenters. The first-order valence-corrected chi connectivity index (χ1v) is 11.7. The molecule has 0 saturated carbocycles. The third-order valence-electron chi connectivity index (χ3n) is 5.96. The van der Waals surface area contributed by atoms with Crippen molar-refractivity contribution >= 4 is 11.8 Å². The normalized spacial score (nSPS) is 14.9. The Morgan fingerprint density at radius 3 is 2.58 bits per heavy atom. The van der Waals surface area contributed by atoms with Gasteiger partial charge in [0.05, 0.1) is 6.42 Å². The van der Waals surface area contributed by atoms with Gasteiger partial charge < -0.3 is 10.4 Å². The number of nitrogens with one attached hydrogen (secondary N) is 1. The van der Waals surface area contributed by atoms with Crippen molar-refractivity contribution in [2.24, 2.45) is 0 Å². The third-order valence-corrected chi connectivity index (χ3v) is 5.96. The van der Waals surface area contributed by atoms with Crippen molar-refractivity contribution in [3.63, 3.8) is 0 Å². The van der Waals surface area contributed by atoms with Crippen molar-refractivity contribution in [3.8, 4) is 0 Å². The summed E-state index contributed by atoms with van der Waals surface area (Å²) in [5, 5.41) is 12.5. The van der Waals surface area contributed by atoms with Gasteiger partial charge in [-0.2, -0.15) is 0 Å². The molecule has 180 valence electrons. The Kier molecular flexibility index (Phi) is 7.97. The van der Waals surface area contributed by atoms with E-state index in [1.54, 1.807) is 0 Å². The first-order valence-electron chi connectivity index (χ1n) is 11.7. The molecule has 2 N–H and O–H groups in total. The Morgan fingerprint density at radius 2 is 1.91 bits per heavy atom. The number of carboxylic acids is 1. The smallest absolute Gasteiger partial charge is 0.303 e. The van der Waals surface area contributed by atoms with Crippen LogP contribution in [-0.4, -0.2) is 38.5 Å². The third kappa shape index (κ3) is 7.44. The molecule has 0 amide bonds. The summed E-state index contributed by atoms with van der Waals surface area (Å²) < 4.78 is 29.5. The average Bonchev–Trinajstić information content (AvgIpc) is 2.75. The zero-order chi connectivity index (χ0) is 24.1. The summed E-state index contributed by atoms with van der Waals surface area (Å²) >= 11 is 0. The maximum Gasteiger partial charge on any atom is 0.303 e. The van der Waals surface area contributed by atoms with Crippen molar-refractivity contribution in [1.29, 1.82) is 0 Å². The first kappa shape index (κ1) is 25.0. The van der Waals surface area contributed by atoms with E-state index in [9.17, 15) is 18.7 Å². The molecule has 0 radical (unpaired) electrons. The zero-order valence-corrected chi connectivity index (χ0v) is 19.7. The van der Waals surface area contributed by atoms with E-state index in [2.05, 4.69) is 26.3 Å². The number of hydrogen-bond acceptors (Lipinski definition) is 5. The summed E-state index contributed by atoms with van der Waals surface area (Å²) in [6.45, 7) is 6.79. The molecule has 8 heteroatoms. The number of unbranched alkanes of at least 4 members (excludes halogenated alkanes) is 1. The first-order chi connectivity index (χ1) is 15.5. The summed E-state index contributed by atoms with van der Waals surface area (Å²) in [4.78, 5) is 24.5. The van der Waals surface area contributed by atoms with E-state index in [0.717, 1.165) is 30.9 Å². The number of rotatable bonds is 10. The highest BCUT2D eigenvalue weighted by molar-refractivity contribution is 5.68. The lowest BCUT2D eigenvalue weighted by atomic mass is 9.89. The van der Waals surface area contributed by atoms with E-state index in [1.807, 2.05) is 26.8 Å². The van der Waals surface area contributed by atoms with Crippen molar-refractivity contribution < 1.29 is 18.7 Å². The quantitative estimate of drug-likeness (QED) is 0.454. The van der Waals surface area contributed by atoms with E-state index in [1.165, 1.54) is 18.0 Å². The summed E-state index contributed by atoms with van der Waals surface area (Å²) in [5.41, 5.74) is 2.29. The summed E-state index contributed by atoms with van der Waals surface area (Å²) in [7, 11) is 0. The van der Waals surface area contributed by atoms with Crippen LogP contribution < -0.4 is 5.32 Å². The molecule has 1 aliphatic rings. The van der Waals surface area contributed by atoms with Crippen LogP contribution in [0.1, 0.15) is 87.9 Å². The van der Waals surface area contributed by atoms with E-state index < -0.39 is 24.2 Å². The number of carboxylic acid groups (broad SMARTS) is 1. The molecule has 0 spiro atoms. The van der Waals surface area contributed by atoms with Gasteiger partial charge in [-0.05, 0) is 49.3 Å². The highest BCUT2D eigenvalue weighted by Gasteiger charge is 2.34. The van der Waals surface area contributed by atoms with E-state index in [0.29, 0.717) is 30.7 Å². The number of carbonyl (C=O) groups is 1. The fourth-order valence-corrected chi connectivity index (χ4v) is 4.12. The highest BCUT2D eigenvalue weighted by Crippen LogP contribution is 2.36. The Balaban J connectivity index is 1.55. The predicted octanol–water partition coefficient (Wildman–Crippen LogP) is 5.52. The molecule has 0 aromatic carbocycles. The van der Waals surface area contributed by atoms with Gasteiger partial charge in [0.15, 0.2) is 0 Å². The van der Waals surface area contributed by atoms with Crippen molar-refractivity contribution in [3.05, 3.63) is 47.2 Å². The van der Waals surface area contributed by atoms with Gasteiger partial charge in [0.1, 0.15) is 11.6 Å². The molecule has 3 rings (SSSR count). The summed E-state index contributed by atoms with van der Waals surface area (Å²) in [5.74, 6) is -3.39. The van der Waals surface area contributed by atoms with Crippen LogP contribution in [0.3, 0.4) is 0 Å². The molecule has 1 atom stereocenters. The maximum absolute atomic E-state index is 14.8. The van der Waals surface area contributed by atoms with Crippen LogP contribution in [0.25, 0.3) is 0 Å². The van der Waals surface area contributed by atoms with Crippen LogP contribution >= 0.6 is 0 Å². The van der Waals surface area contributed by atoms with Gasteiger partial charge in [-0.15, -0.1) is 0 Å². The fraction of sp³-hybridized carbons (Fsp3) is 0.600. The standard InChI is InChI=1S/C25H34F2N4O2/c1-24(2,3)23-29-15-19(16-30-23)18(13-21(32)33)14-25(26,27)11-5-4-8-20-10-9-17-7-6-12-28-22(17)31-20/h9-10,15-16,18H,4-8,11-14H2,1-3H3,(H,28,31)(H,32,33)/t18-/m0/s1. The number of aliphatic carboxylic acids is 1. The average molecular weight is 461 g/mol. The molecule has 2 aromatic heterocycles. The lowest BCUT2D eigenvalue weighted by molar-refractivity contribution is -0.138. The topological polar surface area (TPSA) is 88.0 Å². The molecule has 0 saturated heterocycles.